The zero-order valence-corrected chi connectivity index (χ0v) is 11.9. The van der Waals surface area contributed by atoms with Gasteiger partial charge in [0, 0.05) is 19.8 Å². The van der Waals surface area contributed by atoms with Gasteiger partial charge in [0.2, 0.25) is 0 Å². The summed E-state index contributed by atoms with van der Waals surface area (Å²) in [7, 11) is 1.67. The van der Waals surface area contributed by atoms with Gasteiger partial charge in [0.1, 0.15) is 6.26 Å². The van der Waals surface area contributed by atoms with Crippen LogP contribution >= 0.6 is 0 Å². The molecule has 0 bridgehead atoms. The van der Waals surface area contributed by atoms with Crippen LogP contribution < -0.4 is 0 Å². The van der Waals surface area contributed by atoms with Crippen LogP contribution in [-0.2, 0) is 15.9 Å². The molecule has 0 amide bonds. The van der Waals surface area contributed by atoms with Crippen molar-refractivity contribution in [3.05, 3.63) is 18.0 Å². The summed E-state index contributed by atoms with van der Waals surface area (Å²) < 4.78 is 14.8. The van der Waals surface area contributed by atoms with E-state index in [1.807, 2.05) is 33.8 Å². The van der Waals surface area contributed by atoms with Gasteiger partial charge in [-0.15, -0.1) is 0 Å². The zero-order chi connectivity index (χ0) is 13.4. The number of nitrogens with zero attached hydrogens (tertiary/aromatic N) is 1. The van der Waals surface area contributed by atoms with Crippen LogP contribution in [0, 0.1) is 0 Å². The first-order valence-corrected chi connectivity index (χ1v) is 6.39. The zero-order valence-electron chi connectivity index (χ0n) is 11.9. The molecule has 0 aromatic carbocycles. The second-order valence-corrected chi connectivity index (χ2v) is 2.70. The lowest BCUT2D eigenvalue weighted by molar-refractivity contribution is 0.0694. The SMILES string of the molecule is CC.CC.COCCOCCCc1ccon1. The monoisotopic (exact) mass is 245 g/mol. The number of aryl methyl sites for hydroxylation is 1. The molecule has 4 heteroatoms. The average Bonchev–Trinajstić information content (AvgIpc) is 2.92. The number of hydrogen-bond acceptors (Lipinski definition) is 4. The fraction of sp³-hybridized carbons (Fsp3) is 0.769. The third-order valence-electron chi connectivity index (χ3n) is 1.64. The molecule has 0 N–H and O–H groups in total. The van der Waals surface area contributed by atoms with Gasteiger partial charge in [-0.25, -0.2) is 0 Å². The first-order valence-electron chi connectivity index (χ1n) is 6.39. The van der Waals surface area contributed by atoms with Gasteiger partial charge in [-0.2, -0.15) is 0 Å². The van der Waals surface area contributed by atoms with Crippen molar-refractivity contribution >= 4 is 0 Å². The molecule has 0 saturated heterocycles. The van der Waals surface area contributed by atoms with Gasteiger partial charge in [-0.3, -0.25) is 0 Å². The Labute approximate surface area is 105 Å². The van der Waals surface area contributed by atoms with Crippen LogP contribution in [0.3, 0.4) is 0 Å². The molecule has 0 spiro atoms. The highest BCUT2D eigenvalue weighted by Crippen LogP contribution is 1.98. The van der Waals surface area contributed by atoms with E-state index in [0.29, 0.717) is 13.2 Å². The number of hydrogen-bond donors (Lipinski definition) is 0. The summed E-state index contributed by atoms with van der Waals surface area (Å²) in [6, 6.07) is 1.87. The molecule has 1 rings (SSSR count). The van der Waals surface area contributed by atoms with Crippen molar-refractivity contribution < 1.29 is 14.0 Å². The molecule has 0 aliphatic heterocycles. The van der Waals surface area contributed by atoms with Crippen LogP contribution in [0.4, 0.5) is 0 Å². The van der Waals surface area contributed by atoms with Gasteiger partial charge in [0.05, 0.1) is 18.9 Å². The average molecular weight is 245 g/mol. The summed E-state index contributed by atoms with van der Waals surface area (Å²) >= 11 is 0. The predicted molar refractivity (Wildman–Crippen MR) is 70.2 cm³/mol. The normalized spacial score (nSPS) is 8.76. The Morgan fingerprint density at radius 1 is 1.12 bits per heavy atom. The number of aromatic nitrogens is 1. The number of methoxy groups -OCH3 is 1. The molecule has 102 valence electrons. The molecule has 0 unspecified atom stereocenters. The van der Waals surface area contributed by atoms with Crippen molar-refractivity contribution in [2.45, 2.75) is 40.5 Å². The smallest absolute Gasteiger partial charge is 0.124 e. The minimum atomic E-state index is 0.657. The predicted octanol–water partition coefficient (Wildman–Crippen LogP) is 3.32. The summed E-state index contributed by atoms with van der Waals surface area (Å²) in [4.78, 5) is 0. The second-order valence-electron chi connectivity index (χ2n) is 2.70. The molecule has 0 aliphatic carbocycles. The van der Waals surface area contributed by atoms with E-state index in [1.54, 1.807) is 13.4 Å². The third-order valence-corrected chi connectivity index (χ3v) is 1.64. The topological polar surface area (TPSA) is 44.5 Å². The van der Waals surface area contributed by atoms with Gasteiger partial charge < -0.3 is 14.0 Å². The molecular weight excluding hydrogens is 218 g/mol. The van der Waals surface area contributed by atoms with E-state index in [4.69, 9.17) is 14.0 Å². The Balaban J connectivity index is 0. The highest BCUT2D eigenvalue weighted by atomic mass is 16.5. The summed E-state index contributed by atoms with van der Waals surface area (Å²) in [5.41, 5.74) is 0.982. The lowest BCUT2D eigenvalue weighted by Gasteiger charge is -2.01. The van der Waals surface area contributed by atoms with Crippen LogP contribution in [-0.4, -0.2) is 32.1 Å². The fourth-order valence-electron chi connectivity index (χ4n) is 0.966. The molecular formula is C13H27NO3. The lowest BCUT2D eigenvalue weighted by Crippen LogP contribution is -2.03. The first-order chi connectivity index (χ1) is 8.43. The van der Waals surface area contributed by atoms with Crippen molar-refractivity contribution in [1.82, 2.24) is 5.16 Å². The van der Waals surface area contributed by atoms with Crippen LogP contribution in [0.1, 0.15) is 39.8 Å². The van der Waals surface area contributed by atoms with Gasteiger partial charge >= 0.3 is 0 Å². The Bertz CT molecular complexity index is 200. The first kappa shape index (κ1) is 18.5. The molecule has 1 heterocycles. The molecule has 0 radical (unpaired) electrons. The molecule has 1 aromatic heterocycles. The molecule has 1 aromatic rings. The molecule has 0 atom stereocenters. The summed E-state index contributed by atoms with van der Waals surface area (Å²) in [6.07, 6.45) is 3.46. The van der Waals surface area contributed by atoms with Crippen LogP contribution in [0.5, 0.6) is 0 Å². The Kier molecular flexibility index (Phi) is 19.1. The van der Waals surface area contributed by atoms with Crippen LogP contribution in [0.15, 0.2) is 16.9 Å². The van der Waals surface area contributed by atoms with E-state index >= 15 is 0 Å². The molecule has 0 aliphatic rings. The molecule has 4 nitrogen and oxygen atoms in total. The second kappa shape index (κ2) is 17.5. The Morgan fingerprint density at radius 2 is 1.82 bits per heavy atom. The largest absolute Gasteiger partial charge is 0.382 e. The van der Waals surface area contributed by atoms with E-state index in [2.05, 4.69) is 5.16 Å². The van der Waals surface area contributed by atoms with Gasteiger partial charge in [-0.05, 0) is 12.8 Å². The summed E-state index contributed by atoms with van der Waals surface area (Å²) in [5.74, 6) is 0. The van der Waals surface area contributed by atoms with E-state index < -0.39 is 0 Å². The maximum Gasteiger partial charge on any atom is 0.124 e. The minimum absolute atomic E-state index is 0.657. The van der Waals surface area contributed by atoms with E-state index in [-0.39, 0.29) is 0 Å². The number of ether oxygens (including phenoxy) is 2. The highest BCUT2D eigenvalue weighted by Gasteiger charge is 1.95. The molecule has 0 fully saturated rings. The van der Waals surface area contributed by atoms with Gasteiger partial charge in [-0.1, -0.05) is 32.9 Å². The van der Waals surface area contributed by atoms with Crippen LogP contribution in [0.25, 0.3) is 0 Å². The fourth-order valence-corrected chi connectivity index (χ4v) is 0.966. The standard InChI is InChI=1S/C9H15NO3.2C2H6/c1-11-7-8-12-5-2-3-9-4-6-13-10-9;2*1-2/h4,6H,2-3,5,7-8H2,1H3;2*1-2H3. The summed E-state index contributed by atoms with van der Waals surface area (Å²) in [6.45, 7) is 10.1. The van der Waals surface area contributed by atoms with Crippen LogP contribution in [0.2, 0.25) is 0 Å². The van der Waals surface area contributed by atoms with Crippen molar-refractivity contribution in [3.63, 3.8) is 0 Å². The number of rotatable bonds is 7. The van der Waals surface area contributed by atoms with E-state index in [0.717, 1.165) is 25.1 Å². The van der Waals surface area contributed by atoms with Gasteiger partial charge in [0.15, 0.2) is 0 Å². The molecule has 17 heavy (non-hydrogen) atoms. The maximum absolute atomic E-state index is 5.29. The lowest BCUT2D eigenvalue weighted by atomic mass is 10.2. The van der Waals surface area contributed by atoms with Crippen molar-refractivity contribution in [1.29, 1.82) is 0 Å². The third kappa shape index (κ3) is 13.1. The van der Waals surface area contributed by atoms with E-state index in [9.17, 15) is 0 Å². The summed E-state index contributed by atoms with van der Waals surface area (Å²) in [5, 5.41) is 3.79. The quantitative estimate of drug-likeness (QED) is 0.691. The van der Waals surface area contributed by atoms with Crippen molar-refractivity contribution in [2.24, 2.45) is 0 Å². The minimum Gasteiger partial charge on any atom is -0.382 e. The van der Waals surface area contributed by atoms with Gasteiger partial charge in [0.25, 0.3) is 0 Å². The Morgan fingerprint density at radius 3 is 2.35 bits per heavy atom. The molecule has 0 saturated carbocycles. The van der Waals surface area contributed by atoms with E-state index in [1.165, 1.54) is 0 Å². The maximum atomic E-state index is 5.29. The van der Waals surface area contributed by atoms with Crippen molar-refractivity contribution in [2.75, 3.05) is 26.9 Å². The highest BCUT2D eigenvalue weighted by molar-refractivity contribution is 4.94. The van der Waals surface area contributed by atoms with Crippen molar-refractivity contribution in [3.8, 4) is 0 Å². The Hall–Kier alpha value is -0.870.